The number of likely N-dealkylation sites (tertiary alicyclic amines) is 2. The molecule has 36 heavy (non-hydrogen) atoms. The van der Waals surface area contributed by atoms with Crippen LogP contribution in [0.2, 0.25) is 0 Å². The van der Waals surface area contributed by atoms with Gasteiger partial charge >= 0.3 is 12.0 Å². The largest absolute Gasteiger partial charge is 0.461 e. The van der Waals surface area contributed by atoms with Crippen LogP contribution in [0.4, 0.5) is 4.79 Å². The molecule has 0 spiro atoms. The summed E-state index contributed by atoms with van der Waals surface area (Å²) in [6.07, 6.45) is 18.4. The highest BCUT2D eigenvalue weighted by Gasteiger charge is 2.36. The summed E-state index contributed by atoms with van der Waals surface area (Å²) in [5.41, 5.74) is 2.40. The average Bonchev–Trinajstić information content (AvgIpc) is 2.94. The fraction of sp³-hybridized carbons (Fsp3) is 0.586. The van der Waals surface area contributed by atoms with Crippen molar-refractivity contribution in [3.05, 3.63) is 60.2 Å². The lowest BCUT2D eigenvalue weighted by Gasteiger charge is -2.39. The quantitative estimate of drug-likeness (QED) is 0.427. The van der Waals surface area contributed by atoms with Crippen molar-refractivity contribution in [3.63, 3.8) is 0 Å². The Labute approximate surface area is 215 Å². The van der Waals surface area contributed by atoms with Gasteiger partial charge in [-0.1, -0.05) is 12.1 Å². The fourth-order valence-corrected chi connectivity index (χ4v) is 5.34. The number of ether oxygens (including phenoxy) is 1. The Morgan fingerprint density at radius 1 is 0.861 bits per heavy atom. The lowest BCUT2D eigenvalue weighted by molar-refractivity contribution is -0.156. The Balaban J connectivity index is 1.35. The summed E-state index contributed by atoms with van der Waals surface area (Å²) in [5, 5.41) is 0. The van der Waals surface area contributed by atoms with Gasteiger partial charge in [-0.05, 0) is 100 Å². The first-order chi connectivity index (χ1) is 17.7. The van der Waals surface area contributed by atoms with E-state index >= 15 is 0 Å². The smallest absolute Gasteiger partial charge is 0.329 e. The number of hydrogen-bond acceptors (Lipinski definition) is 5. The predicted octanol–water partition coefficient (Wildman–Crippen LogP) is 5.19. The highest BCUT2D eigenvalue weighted by atomic mass is 16.5. The molecule has 7 heteroatoms. The van der Waals surface area contributed by atoms with E-state index < -0.39 is 6.04 Å². The number of piperidine rings is 2. The Hall–Kier alpha value is -2.96. The van der Waals surface area contributed by atoms with Crippen LogP contribution in [0.25, 0.3) is 0 Å². The van der Waals surface area contributed by atoms with E-state index in [1.807, 2.05) is 29.4 Å². The molecule has 2 amide bonds. The van der Waals surface area contributed by atoms with Crippen molar-refractivity contribution >= 4 is 12.0 Å². The van der Waals surface area contributed by atoms with E-state index in [0.717, 1.165) is 77.3 Å². The lowest BCUT2D eigenvalue weighted by atomic mass is 10.0. The molecule has 194 valence electrons. The number of urea groups is 1. The van der Waals surface area contributed by atoms with Gasteiger partial charge in [-0.25, -0.2) is 9.59 Å². The van der Waals surface area contributed by atoms with Crippen molar-refractivity contribution in [2.75, 3.05) is 19.6 Å². The Kier molecular flexibility index (Phi) is 10.1. The number of esters is 1. The van der Waals surface area contributed by atoms with Gasteiger partial charge < -0.3 is 14.5 Å². The number of nitrogens with zero attached hydrogens (tertiary/aromatic N) is 4. The van der Waals surface area contributed by atoms with E-state index in [-0.39, 0.29) is 18.1 Å². The molecular weight excluding hydrogens is 452 g/mol. The van der Waals surface area contributed by atoms with Gasteiger partial charge in [0.25, 0.3) is 0 Å². The molecule has 4 rings (SSSR count). The molecule has 2 fully saturated rings. The zero-order chi connectivity index (χ0) is 25.0. The summed E-state index contributed by atoms with van der Waals surface area (Å²) >= 11 is 0. The van der Waals surface area contributed by atoms with E-state index in [2.05, 4.69) is 22.1 Å². The second-order valence-corrected chi connectivity index (χ2v) is 10.1. The van der Waals surface area contributed by atoms with Gasteiger partial charge in [0.15, 0.2) is 0 Å². The van der Waals surface area contributed by atoms with Gasteiger partial charge in [-0.15, -0.1) is 0 Å². The van der Waals surface area contributed by atoms with Crippen LogP contribution in [0.3, 0.4) is 0 Å². The number of pyridine rings is 2. The van der Waals surface area contributed by atoms with E-state index in [1.165, 1.54) is 17.5 Å². The van der Waals surface area contributed by atoms with Gasteiger partial charge in [0, 0.05) is 44.4 Å². The van der Waals surface area contributed by atoms with Crippen molar-refractivity contribution < 1.29 is 14.3 Å². The molecule has 2 aliphatic heterocycles. The van der Waals surface area contributed by atoms with Crippen molar-refractivity contribution in [1.29, 1.82) is 0 Å². The zero-order valence-electron chi connectivity index (χ0n) is 21.4. The number of carbonyl (C=O) groups excluding carboxylic acids is 2. The summed E-state index contributed by atoms with van der Waals surface area (Å²) < 4.78 is 6.15. The third kappa shape index (κ3) is 7.77. The Bertz CT molecular complexity index is 889. The van der Waals surface area contributed by atoms with Crippen LogP contribution in [-0.4, -0.2) is 63.5 Å². The maximum absolute atomic E-state index is 13.4. The summed E-state index contributed by atoms with van der Waals surface area (Å²) in [5.74, 6) is -0.229. The molecule has 0 bridgehead atoms. The molecule has 4 heterocycles. The summed E-state index contributed by atoms with van der Waals surface area (Å²) in [6, 6.07) is 7.63. The molecule has 1 atom stereocenters. The highest BCUT2D eigenvalue weighted by molar-refractivity contribution is 5.84. The summed E-state index contributed by atoms with van der Waals surface area (Å²) in [4.78, 5) is 38.8. The second-order valence-electron chi connectivity index (χ2n) is 10.1. The number of aromatic nitrogens is 2. The first-order valence-electron chi connectivity index (χ1n) is 13.7. The molecule has 2 aromatic rings. The van der Waals surface area contributed by atoms with E-state index in [1.54, 1.807) is 17.3 Å². The minimum absolute atomic E-state index is 0.0149. The molecular formula is C29H40N4O3. The standard InChI is InChI=1S/C29H40N4O3/c34-28(27-16-2-5-21-33(27)29(35)32-19-3-1-4-20-32)36-26(14-6-10-24-12-8-17-30-22-24)15-7-11-25-13-9-18-31-23-25/h8-9,12-13,17-18,22-23,26-27H,1-7,10-11,14-16,19-21H2/t27-/m0/s1. The van der Waals surface area contributed by atoms with Crippen LogP contribution in [0.15, 0.2) is 49.1 Å². The van der Waals surface area contributed by atoms with E-state index in [4.69, 9.17) is 4.74 Å². The van der Waals surface area contributed by atoms with Crippen molar-refractivity contribution in [1.82, 2.24) is 19.8 Å². The summed E-state index contributed by atoms with van der Waals surface area (Å²) in [6.45, 7) is 2.23. The molecule has 0 aromatic carbocycles. The monoisotopic (exact) mass is 492 g/mol. The van der Waals surface area contributed by atoms with Gasteiger partial charge in [-0.3, -0.25) is 9.97 Å². The van der Waals surface area contributed by atoms with Crippen molar-refractivity contribution in [3.8, 4) is 0 Å². The number of aryl methyl sites for hydroxylation is 2. The molecule has 7 nitrogen and oxygen atoms in total. The SMILES string of the molecule is O=C(OC(CCCc1cccnc1)CCCc1cccnc1)[C@@H]1CCCCN1C(=O)N1CCCCC1. The predicted molar refractivity (Wildman–Crippen MR) is 139 cm³/mol. The highest BCUT2D eigenvalue weighted by Crippen LogP contribution is 2.24. The van der Waals surface area contributed by atoms with Gasteiger partial charge in [0.1, 0.15) is 12.1 Å². The number of amides is 2. The Morgan fingerprint density at radius 3 is 2.06 bits per heavy atom. The third-order valence-electron chi connectivity index (χ3n) is 7.36. The molecule has 0 saturated carbocycles. The van der Waals surface area contributed by atoms with Crippen molar-refractivity contribution in [2.24, 2.45) is 0 Å². The molecule has 0 aliphatic carbocycles. The number of rotatable bonds is 10. The first kappa shape index (κ1) is 26.1. The molecule has 2 aliphatic rings. The van der Waals surface area contributed by atoms with Crippen LogP contribution >= 0.6 is 0 Å². The third-order valence-corrected chi connectivity index (χ3v) is 7.36. The average molecular weight is 493 g/mol. The van der Waals surface area contributed by atoms with E-state index in [9.17, 15) is 9.59 Å². The van der Waals surface area contributed by atoms with Crippen LogP contribution in [0.5, 0.6) is 0 Å². The van der Waals surface area contributed by atoms with Gasteiger partial charge in [0.2, 0.25) is 0 Å². The van der Waals surface area contributed by atoms with Crippen LogP contribution in [0, 0.1) is 0 Å². The molecule has 0 unspecified atom stereocenters. The molecule has 2 aromatic heterocycles. The van der Waals surface area contributed by atoms with E-state index in [0.29, 0.717) is 13.0 Å². The van der Waals surface area contributed by atoms with Crippen LogP contribution in [-0.2, 0) is 22.4 Å². The zero-order valence-corrected chi connectivity index (χ0v) is 21.4. The maximum Gasteiger partial charge on any atom is 0.329 e. The Morgan fingerprint density at radius 2 is 1.47 bits per heavy atom. The number of hydrogen-bond donors (Lipinski definition) is 0. The van der Waals surface area contributed by atoms with Gasteiger partial charge in [0.05, 0.1) is 0 Å². The molecule has 0 N–H and O–H groups in total. The summed E-state index contributed by atoms with van der Waals surface area (Å²) in [7, 11) is 0. The normalized spacial score (nSPS) is 18.3. The first-order valence-corrected chi connectivity index (χ1v) is 13.7. The molecule has 2 saturated heterocycles. The maximum atomic E-state index is 13.4. The second kappa shape index (κ2) is 14.0. The van der Waals surface area contributed by atoms with Crippen LogP contribution in [0.1, 0.15) is 75.3 Å². The lowest BCUT2D eigenvalue weighted by Crippen LogP contribution is -2.54. The number of carbonyl (C=O) groups is 2. The fourth-order valence-electron chi connectivity index (χ4n) is 5.34. The van der Waals surface area contributed by atoms with Crippen molar-refractivity contribution in [2.45, 2.75) is 89.2 Å². The molecule has 0 radical (unpaired) electrons. The topological polar surface area (TPSA) is 75.6 Å². The van der Waals surface area contributed by atoms with Crippen LogP contribution < -0.4 is 0 Å². The minimum atomic E-state index is -0.465. The minimum Gasteiger partial charge on any atom is -0.461 e. The van der Waals surface area contributed by atoms with Gasteiger partial charge in [-0.2, -0.15) is 0 Å².